The van der Waals surface area contributed by atoms with Gasteiger partial charge in [-0.3, -0.25) is 0 Å². The fourth-order valence-corrected chi connectivity index (χ4v) is 3.06. The van der Waals surface area contributed by atoms with Crippen LogP contribution in [-0.2, 0) is 11.4 Å². The van der Waals surface area contributed by atoms with E-state index in [1.54, 1.807) is 14.0 Å². The van der Waals surface area contributed by atoms with Crippen LogP contribution >= 0.6 is 0 Å². The zero-order chi connectivity index (χ0) is 20.8. The minimum atomic E-state index is -0.693. The van der Waals surface area contributed by atoms with Gasteiger partial charge in [0.2, 0.25) is 0 Å². The van der Waals surface area contributed by atoms with Gasteiger partial charge in [0.25, 0.3) is 0 Å². The van der Waals surface area contributed by atoms with E-state index in [1.807, 2.05) is 24.3 Å². The third kappa shape index (κ3) is 5.22. The van der Waals surface area contributed by atoms with Crippen LogP contribution < -0.4 is 10.1 Å². The maximum absolute atomic E-state index is 14.1. The van der Waals surface area contributed by atoms with Crippen molar-refractivity contribution >= 4 is 11.7 Å². The Morgan fingerprint density at radius 2 is 2.03 bits per heavy atom. The van der Waals surface area contributed by atoms with E-state index in [-0.39, 0.29) is 30.8 Å². The summed E-state index contributed by atoms with van der Waals surface area (Å²) >= 11 is 0. The molecule has 0 spiro atoms. The number of rotatable bonds is 7. The molecular weight excluding hydrogens is 380 g/mol. The number of nitrogens with one attached hydrogen (secondary N) is 1. The molecule has 0 aliphatic carbocycles. The number of oxime groups is 1. The lowest BCUT2D eigenvalue weighted by molar-refractivity contribution is 0.0588. The summed E-state index contributed by atoms with van der Waals surface area (Å²) in [4.78, 5) is 19.4. The van der Waals surface area contributed by atoms with E-state index in [0.29, 0.717) is 13.0 Å². The molecule has 29 heavy (non-hydrogen) atoms. The summed E-state index contributed by atoms with van der Waals surface area (Å²) in [7, 11) is 1.60. The number of halogens is 2. The Morgan fingerprint density at radius 1 is 1.28 bits per heavy atom. The number of benzene rings is 2. The third-order valence-corrected chi connectivity index (χ3v) is 4.57. The molecule has 0 saturated heterocycles. The molecule has 1 aliphatic rings. The molecule has 0 fully saturated rings. The first-order valence-electron chi connectivity index (χ1n) is 9.34. The van der Waals surface area contributed by atoms with Gasteiger partial charge in [0.1, 0.15) is 17.4 Å². The van der Waals surface area contributed by atoms with Gasteiger partial charge < -0.3 is 19.8 Å². The molecule has 0 aromatic heterocycles. The van der Waals surface area contributed by atoms with Gasteiger partial charge in [-0.05, 0) is 42.8 Å². The number of hydrogen-bond donors (Lipinski definition) is 1. The minimum Gasteiger partial charge on any atom is -0.497 e. The summed E-state index contributed by atoms with van der Waals surface area (Å²) in [5, 5.41) is 6.84. The molecule has 0 saturated carbocycles. The lowest BCUT2D eigenvalue weighted by Crippen LogP contribution is -2.43. The van der Waals surface area contributed by atoms with E-state index >= 15 is 0 Å². The number of methoxy groups -OCH3 is 1. The van der Waals surface area contributed by atoms with Gasteiger partial charge in [-0.25, -0.2) is 13.6 Å². The maximum Gasteiger partial charge on any atom is 0.317 e. The van der Waals surface area contributed by atoms with Gasteiger partial charge in [-0.2, -0.15) is 0 Å². The highest BCUT2D eigenvalue weighted by Crippen LogP contribution is 2.21. The van der Waals surface area contributed by atoms with E-state index in [2.05, 4.69) is 10.5 Å². The van der Waals surface area contributed by atoms with Crippen molar-refractivity contribution in [3.63, 3.8) is 0 Å². The van der Waals surface area contributed by atoms with Gasteiger partial charge in [-0.15, -0.1) is 0 Å². The van der Waals surface area contributed by atoms with Gasteiger partial charge in [-0.1, -0.05) is 11.2 Å². The van der Waals surface area contributed by atoms with Crippen LogP contribution in [0.4, 0.5) is 13.6 Å². The van der Waals surface area contributed by atoms with Crippen LogP contribution in [0.5, 0.6) is 5.75 Å². The molecule has 1 unspecified atom stereocenters. The highest BCUT2D eigenvalue weighted by atomic mass is 19.1. The number of amides is 2. The Labute approximate surface area is 168 Å². The number of carbonyl (C=O) groups is 1. The maximum atomic E-state index is 14.1. The van der Waals surface area contributed by atoms with Crippen molar-refractivity contribution in [2.75, 3.05) is 20.2 Å². The first-order chi connectivity index (χ1) is 14.0. The molecule has 1 atom stereocenters. The molecule has 3 rings (SSSR count). The number of urea groups is 1. The number of ether oxygens (including phenoxy) is 1. The molecule has 0 bridgehead atoms. The van der Waals surface area contributed by atoms with Crippen LogP contribution in [0.25, 0.3) is 0 Å². The van der Waals surface area contributed by atoms with Gasteiger partial charge in [0.15, 0.2) is 6.10 Å². The zero-order valence-electron chi connectivity index (χ0n) is 16.3. The molecule has 2 amide bonds. The second kappa shape index (κ2) is 9.36. The second-order valence-electron chi connectivity index (χ2n) is 6.65. The fraction of sp³-hybridized carbons (Fsp3) is 0.333. The number of carbonyl (C=O) groups excluding carboxylic acids is 1. The van der Waals surface area contributed by atoms with E-state index < -0.39 is 11.6 Å². The van der Waals surface area contributed by atoms with Gasteiger partial charge in [0, 0.05) is 24.6 Å². The largest absolute Gasteiger partial charge is 0.497 e. The Bertz CT molecular complexity index is 887. The summed E-state index contributed by atoms with van der Waals surface area (Å²) in [6, 6.07) is 10.4. The molecule has 0 radical (unpaired) electrons. The van der Waals surface area contributed by atoms with Crippen LogP contribution in [0.15, 0.2) is 47.6 Å². The molecule has 2 aromatic rings. The number of hydrogen-bond acceptors (Lipinski definition) is 4. The van der Waals surface area contributed by atoms with E-state index in [1.165, 1.54) is 17.0 Å². The highest BCUT2D eigenvalue weighted by molar-refractivity contribution is 6.01. The number of nitrogens with zero attached hydrogens (tertiary/aromatic N) is 2. The molecule has 6 nitrogen and oxygen atoms in total. The van der Waals surface area contributed by atoms with Crippen molar-refractivity contribution in [1.82, 2.24) is 10.2 Å². The highest BCUT2D eigenvalue weighted by Gasteiger charge is 2.27. The Balaban J connectivity index is 1.67. The predicted octanol–water partition coefficient (Wildman–Crippen LogP) is 3.70. The van der Waals surface area contributed by atoms with Gasteiger partial charge in [0.05, 0.1) is 25.9 Å². The average Bonchev–Trinajstić information content (AvgIpc) is 3.18. The topological polar surface area (TPSA) is 63.2 Å². The summed E-state index contributed by atoms with van der Waals surface area (Å²) < 4.78 is 32.4. The van der Waals surface area contributed by atoms with E-state index in [4.69, 9.17) is 9.57 Å². The predicted molar refractivity (Wildman–Crippen MR) is 105 cm³/mol. The molecule has 154 valence electrons. The summed E-state index contributed by atoms with van der Waals surface area (Å²) in [5.41, 5.74) is 1.90. The third-order valence-electron chi connectivity index (χ3n) is 4.57. The Morgan fingerprint density at radius 3 is 2.69 bits per heavy atom. The molecular formula is C21H23F2N3O3. The van der Waals surface area contributed by atoms with E-state index in [0.717, 1.165) is 23.1 Å². The quantitative estimate of drug-likeness (QED) is 0.767. The van der Waals surface area contributed by atoms with E-state index in [9.17, 15) is 13.6 Å². The molecule has 2 aromatic carbocycles. The van der Waals surface area contributed by atoms with Crippen LogP contribution in [-0.4, -0.2) is 42.9 Å². The van der Waals surface area contributed by atoms with Crippen molar-refractivity contribution in [3.05, 3.63) is 65.2 Å². The first kappa shape index (κ1) is 20.6. The van der Waals surface area contributed by atoms with Crippen LogP contribution in [0.3, 0.4) is 0 Å². The van der Waals surface area contributed by atoms with Crippen molar-refractivity contribution in [2.45, 2.75) is 26.0 Å². The average molecular weight is 403 g/mol. The van der Waals surface area contributed by atoms with Crippen molar-refractivity contribution in [2.24, 2.45) is 5.16 Å². The SMILES string of the molecule is CCNC(=O)N(Cc1ccc(F)cc1F)CC1CC(c2ccc(OC)cc2)=NO1. The fourth-order valence-electron chi connectivity index (χ4n) is 3.06. The lowest BCUT2D eigenvalue weighted by atomic mass is 10.0. The summed E-state index contributed by atoms with van der Waals surface area (Å²) in [6.07, 6.45) is 0.145. The minimum absolute atomic E-state index is 0.00429. The molecule has 1 N–H and O–H groups in total. The van der Waals surface area contributed by atoms with Crippen molar-refractivity contribution in [1.29, 1.82) is 0 Å². The summed E-state index contributed by atoms with van der Waals surface area (Å²) in [5.74, 6) is -0.608. The standard InChI is InChI=1S/C21H23F2N3O3/c1-3-24-21(27)26(12-15-4-7-16(22)10-19(15)23)13-18-11-20(25-29-18)14-5-8-17(28-2)9-6-14/h4-10,18H,3,11-13H2,1-2H3,(H,24,27). The van der Waals surface area contributed by atoms with Crippen molar-refractivity contribution < 1.29 is 23.1 Å². The summed E-state index contributed by atoms with van der Waals surface area (Å²) in [6.45, 7) is 2.44. The second-order valence-corrected chi connectivity index (χ2v) is 6.65. The van der Waals surface area contributed by atoms with Crippen molar-refractivity contribution in [3.8, 4) is 5.75 Å². The monoisotopic (exact) mass is 403 g/mol. The van der Waals surface area contributed by atoms with Crippen LogP contribution in [0.1, 0.15) is 24.5 Å². The smallest absolute Gasteiger partial charge is 0.317 e. The van der Waals surface area contributed by atoms with Crippen LogP contribution in [0.2, 0.25) is 0 Å². The normalized spacial score (nSPS) is 15.4. The lowest BCUT2D eigenvalue weighted by Gasteiger charge is -2.25. The van der Waals surface area contributed by atoms with Gasteiger partial charge >= 0.3 is 6.03 Å². The first-order valence-corrected chi connectivity index (χ1v) is 9.34. The Hall–Kier alpha value is -3.16. The molecule has 1 aliphatic heterocycles. The zero-order valence-corrected chi connectivity index (χ0v) is 16.3. The molecule has 8 heteroatoms. The van der Waals surface area contributed by atoms with Crippen LogP contribution in [0, 0.1) is 11.6 Å². The molecule has 1 heterocycles. The Kier molecular flexibility index (Phi) is 6.64.